The number of rotatable bonds is 11. The maximum atomic E-state index is 12.1. The molecule has 3 nitrogen and oxygen atoms in total. The lowest BCUT2D eigenvalue weighted by molar-refractivity contribution is -0.142. The summed E-state index contributed by atoms with van der Waals surface area (Å²) in [6.45, 7) is 5.27. The van der Waals surface area contributed by atoms with Gasteiger partial charge in [-0.15, -0.1) is 0 Å². The Hall–Kier alpha value is -2.13. The lowest BCUT2D eigenvalue weighted by atomic mass is 9.98. The van der Waals surface area contributed by atoms with Crippen LogP contribution in [0.4, 0.5) is 0 Å². The molecule has 0 heterocycles. The summed E-state index contributed by atoms with van der Waals surface area (Å²) >= 11 is 0. The first-order valence-electron chi connectivity index (χ1n) is 10.1. The number of carbonyl (C=O) groups excluding carboxylic acids is 1. The molecule has 0 radical (unpaired) electrons. The van der Waals surface area contributed by atoms with E-state index >= 15 is 0 Å². The van der Waals surface area contributed by atoms with E-state index in [0.29, 0.717) is 6.42 Å². The van der Waals surface area contributed by atoms with Crippen LogP contribution in [-0.4, -0.2) is 24.0 Å². The van der Waals surface area contributed by atoms with Crippen molar-refractivity contribution in [3.05, 3.63) is 71.8 Å². The van der Waals surface area contributed by atoms with Crippen LogP contribution in [0.15, 0.2) is 60.7 Å². The number of unbranched alkanes of at least 4 members (excludes halogenated alkanes) is 2. The molecule has 0 N–H and O–H groups in total. The van der Waals surface area contributed by atoms with E-state index in [2.05, 4.69) is 67.3 Å². The first kappa shape index (κ1) is 21.2. The minimum Gasteiger partial charge on any atom is -0.469 e. The topological polar surface area (TPSA) is 29.5 Å². The fourth-order valence-corrected chi connectivity index (χ4v) is 3.59. The van der Waals surface area contributed by atoms with Gasteiger partial charge >= 0.3 is 5.97 Å². The molecule has 2 aromatic carbocycles. The van der Waals surface area contributed by atoms with Gasteiger partial charge in [-0.25, -0.2) is 0 Å². The Balaban J connectivity index is 2.28. The van der Waals surface area contributed by atoms with Crippen molar-refractivity contribution in [2.24, 2.45) is 0 Å². The molecule has 2 atom stereocenters. The van der Waals surface area contributed by atoms with Crippen molar-refractivity contribution >= 4 is 5.97 Å². The molecule has 0 saturated heterocycles. The Kier molecular flexibility index (Phi) is 9.06. The molecule has 0 amide bonds. The summed E-state index contributed by atoms with van der Waals surface area (Å²) in [5.41, 5.74) is 2.55. The van der Waals surface area contributed by atoms with Crippen LogP contribution in [-0.2, 0) is 16.1 Å². The van der Waals surface area contributed by atoms with Gasteiger partial charge in [0.05, 0.1) is 13.5 Å². The Morgan fingerprint density at radius 2 is 1.63 bits per heavy atom. The van der Waals surface area contributed by atoms with E-state index in [4.69, 9.17) is 4.74 Å². The van der Waals surface area contributed by atoms with E-state index < -0.39 is 0 Å². The van der Waals surface area contributed by atoms with Crippen LogP contribution in [0.5, 0.6) is 0 Å². The number of carbonyl (C=O) groups is 1. The molecule has 2 aromatic rings. The van der Waals surface area contributed by atoms with Gasteiger partial charge in [0.2, 0.25) is 0 Å². The summed E-state index contributed by atoms with van der Waals surface area (Å²) in [4.78, 5) is 14.6. The molecule has 0 fully saturated rings. The van der Waals surface area contributed by atoms with E-state index in [-0.39, 0.29) is 18.1 Å². The first-order valence-corrected chi connectivity index (χ1v) is 10.1. The summed E-state index contributed by atoms with van der Waals surface area (Å²) < 4.78 is 5.01. The predicted molar refractivity (Wildman–Crippen MR) is 111 cm³/mol. The molecule has 27 heavy (non-hydrogen) atoms. The second kappa shape index (κ2) is 11.6. The molecule has 146 valence electrons. The third-order valence-electron chi connectivity index (χ3n) is 5.23. The van der Waals surface area contributed by atoms with Crippen LogP contribution in [0.1, 0.15) is 63.1 Å². The summed E-state index contributed by atoms with van der Waals surface area (Å²) in [6, 6.07) is 21.5. The zero-order valence-corrected chi connectivity index (χ0v) is 16.9. The van der Waals surface area contributed by atoms with Gasteiger partial charge < -0.3 is 4.74 Å². The maximum Gasteiger partial charge on any atom is 0.307 e. The average molecular weight is 368 g/mol. The minimum atomic E-state index is -0.130. The highest BCUT2D eigenvalue weighted by Gasteiger charge is 2.27. The molecule has 0 aliphatic carbocycles. The number of benzene rings is 2. The third-order valence-corrected chi connectivity index (χ3v) is 5.23. The van der Waals surface area contributed by atoms with E-state index in [1.807, 2.05) is 12.1 Å². The molecular formula is C24H33NO2. The summed E-state index contributed by atoms with van der Waals surface area (Å²) in [7, 11) is 1.48. The highest BCUT2D eigenvalue weighted by molar-refractivity contribution is 5.69. The molecule has 0 aromatic heterocycles. The number of nitrogens with zero attached hydrogens (tertiary/aromatic N) is 1. The Morgan fingerprint density at radius 3 is 2.22 bits per heavy atom. The lowest BCUT2D eigenvalue weighted by Crippen LogP contribution is -2.38. The van der Waals surface area contributed by atoms with Crippen LogP contribution >= 0.6 is 0 Å². The van der Waals surface area contributed by atoms with E-state index in [9.17, 15) is 4.79 Å². The number of ether oxygens (including phenoxy) is 1. The SMILES string of the molecule is CCCCC[C@H](CC(=O)OC)N(Cc1ccccc1)[C@H](C)c1ccccc1. The fraction of sp³-hybridized carbons (Fsp3) is 0.458. The largest absolute Gasteiger partial charge is 0.469 e. The van der Waals surface area contributed by atoms with Crippen LogP contribution in [0.3, 0.4) is 0 Å². The van der Waals surface area contributed by atoms with E-state index in [1.165, 1.54) is 31.1 Å². The highest BCUT2D eigenvalue weighted by atomic mass is 16.5. The van der Waals surface area contributed by atoms with Crippen LogP contribution in [0.2, 0.25) is 0 Å². The average Bonchev–Trinajstić information content (AvgIpc) is 2.72. The van der Waals surface area contributed by atoms with Crippen molar-refractivity contribution in [1.82, 2.24) is 4.90 Å². The van der Waals surface area contributed by atoms with Crippen LogP contribution < -0.4 is 0 Å². The van der Waals surface area contributed by atoms with Crippen molar-refractivity contribution in [2.45, 2.75) is 64.6 Å². The molecule has 0 spiro atoms. The molecule has 3 heteroatoms. The van der Waals surface area contributed by atoms with Gasteiger partial charge in [-0.1, -0.05) is 86.8 Å². The van der Waals surface area contributed by atoms with Crippen molar-refractivity contribution in [1.29, 1.82) is 0 Å². The first-order chi connectivity index (χ1) is 13.2. The molecule has 0 saturated carbocycles. The molecular weight excluding hydrogens is 334 g/mol. The van der Waals surface area contributed by atoms with Crippen molar-refractivity contribution in [3.8, 4) is 0 Å². The van der Waals surface area contributed by atoms with Gasteiger partial charge in [-0.3, -0.25) is 9.69 Å². The zero-order chi connectivity index (χ0) is 19.5. The monoisotopic (exact) mass is 367 g/mol. The molecule has 0 aliphatic rings. The number of hydrogen-bond donors (Lipinski definition) is 0. The molecule has 2 rings (SSSR count). The molecule has 0 bridgehead atoms. The van der Waals surface area contributed by atoms with Crippen LogP contribution in [0.25, 0.3) is 0 Å². The summed E-state index contributed by atoms with van der Waals surface area (Å²) in [5, 5.41) is 0. The van der Waals surface area contributed by atoms with Gasteiger partial charge in [0.15, 0.2) is 0 Å². The van der Waals surface area contributed by atoms with E-state index in [1.54, 1.807) is 0 Å². The van der Waals surface area contributed by atoms with Crippen molar-refractivity contribution in [2.75, 3.05) is 7.11 Å². The summed E-state index contributed by atoms with van der Waals surface area (Å²) in [6.07, 6.45) is 4.94. The Morgan fingerprint density at radius 1 is 1.00 bits per heavy atom. The summed E-state index contributed by atoms with van der Waals surface area (Å²) in [5.74, 6) is -0.130. The van der Waals surface area contributed by atoms with Crippen molar-refractivity contribution in [3.63, 3.8) is 0 Å². The standard InChI is InChI=1S/C24H33NO2/c1-4-5-8-17-23(18-24(26)27-3)25(19-21-13-9-6-10-14-21)20(2)22-15-11-7-12-16-22/h6-7,9-16,20,23H,4-5,8,17-19H2,1-3H3/t20-,23-/m1/s1. The highest BCUT2D eigenvalue weighted by Crippen LogP contribution is 2.28. The van der Waals surface area contributed by atoms with Gasteiger partial charge in [-0.05, 0) is 24.5 Å². The fourth-order valence-electron chi connectivity index (χ4n) is 3.59. The number of esters is 1. The molecule has 0 aliphatic heterocycles. The smallest absolute Gasteiger partial charge is 0.307 e. The predicted octanol–water partition coefficient (Wildman–Crippen LogP) is 5.76. The van der Waals surface area contributed by atoms with Crippen LogP contribution in [0, 0.1) is 0 Å². The second-order valence-electron chi connectivity index (χ2n) is 7.17. The van der Waals surface area contributed by atoms with Gasteiger partial charge in [0.25, 0.3) is 0 Å². The number of methoxy groups -OCH3 is 1. The Labute approximate surface area is 164 Å². The van der Waals surface area contributed by atoms with Crippen molar-refractivity contribution < 1.29 is 9.53 Å². The lowest BCUT2D eigenvalue weighted by Gasteiger charge is -2.37. The Bertz CT molecular complexity index is 657. The third kappa shape index (κ3) is 6.84. The van der Waals surface area contributed by atoms with Gasteiger partial charge in [0, 0.05) is 18.6 Å². The van der Waals surface area contributed by atoms with E-state index in [0.717, 1.165) is 19.4 Å². The minimum absolute atomic E-state index is 0.130. The van der Waals surface area contributed by atoms with Gasteiger partial charge in [-0.2, -0.15) is 0 Å². The normalized spacial score (nSPS) is 13.3. The van der Waals surface area contributed by atoms with Gasteiger partial charge in [0.1, 0.15) is 0 Å². The quantitative estimate of drug-likeness (QED) is 0.373. The molecule has 0 unspecified atom stereocenters. The maximum absolute atomic E-state index is 12.1. The zero-order valence-electron chi connectivity index (χ0n) is 16.9. The number of hydrogen-bond acceptors (Lipinski definition) is 3. The second-order valence-corrected chi connectivity index (χ2v) is 7.17.